The van der Waals surface area contributed by atoms with E-state index < -0.39 is 5.41 Å². The molecular formula is C16H28N2O3. The van der Waals surface area contributed by atoms with Gasteiger partial charge in [-0.1, -0.05) is 12.8 Å². The van der Waals surface area contributed by atoms with Crippen LogP contribution in [-0.2, 0) is 14.3 Å². The number of likely N-dealkylation sites (tertiary alicyclic amines) is 2. The van der Waals surface area contributed by atoms with Crippen LogP contribution < -0.4 is 0 Å². The first-order valence-electron chi connectivity index (χ1n) is 8.09. The van der Waals surface area contributed by atoms with E-state index >= 15 is 0 Å². The zero-order chi connectivity index (χ0) is 15.5. The third-order valence-corrected chi connectivity index (χ3v) is 5.01. The fourth-order valence-corrected chi connectivity index (χ4v) is 3.47. The Hall–Kier alpha value is -1.10. The van der Waals surface area contributed by atoms with E-state index in [0.717, 1.165) is 13.1 Å². The monoisotopic (exact) mass is 296 g/mol. The second kappa shape index (κ2) is 6.77. The van der Waals surface area contributed by atoms with Crippen LogP contribution in [-0.4, -0.2) is 61.0 Å². The number of nitrogens with zero attached hydrogens (tertiary/aromatic N) is 2. The van der Waals surface area contributed by atoms with Crippen LogP contribution in [0.25, 0.3) is 0 Å². The SMILES string of the molecule is COC(=O)[C@]1(C)CCN(C(=O)[C@H](C)N2CCCCCC2)C1. The van der Waals surface area contributed by atoms with Crippen molar-refractivity contribution in [2.24, 2.45) is 5.41 Å². The lowest BCUT2D eigenvalue weighted by atomic mass is 9.90. The van der Waals surface area contributed by atoms with Crippen molar-refractivity contribution in [3.8, 4) is 0 Å². The Kier molecular flexibility index (Phi) is 5.25. The lowest BCUT2D eigenvalue weighted by Crippen LogP contribution is -2.47. The van der Waals surface area contributed by atoms with Crippen LogP contribution in [0.4, 0.5) is 0 Å². The number of methoxy groups -OCH3 is 1. The molecule has 120 valence electrons. The molecule has 0 aromatic rings. The average Bonchev–Trinajstić information content (AvgIpc) is 2.72. The minimum absolute atomic E-state index is 0.0805. The number of carbonyl (C=O) groups excluding carboxylic acids is 2. The summed E-state index contributed by atoms with van der Waals surface area (Å²) in [6.07, 6.45) is 5.58. The normalized spacial score (nSPS) is 29.0. The molecule has 0 spiro atoms. The van der Waals surface area contributed by atoms with Crippen LogP contribution in [0, 0.1) is 5.41 Å². The van der Waals surface area contributed by atoms with Gasteiger partial charge in [-0.2, -0.15) is 0 Å². The van der Waals surface area contributed by atoms with Crippen molar-refractivity contribution in [1.29, 1.82) is 0 Å². The van der Waals surface area contributed by atoms with Gasteiger partial charge in [-0.3, -0.25) is 14.5 Å². The predicted octanol–water partition coefficient (Wildman–Crippen LogP) is 1.66. The molecule has 2 aliphatic rings. The van der Waals surface area contributed by atoms with Crippen molar-refractivity contribution in [3.63, 3.8) is 0 Å². The number of hydrogen-bond donors (Lipinski definition) is 0. The fourth-order valence-electron chi connectivity index (χ4n) is 3.47. The van der Waals surface area contributed by atoms with Gasteiger partial charge in [0.1, 0.15) is 0 Å². The molecule has 2 atom stereocenters. The van der Waals surface area contributed by atoms with Crippen molar-refractivity contribution in [1.82, 2.24) is 9.80 Å². The standard InChI is InChI=1S/C16H28N2O3/c1-13(17-9-6-4-5-7-10-17)14(19)18-11-8-16(2,12-18)15(20)21-3/h13H,4-12H2,1-3H3/t13-,16+/m0/s1. The maximum absolute atomic E-state index is 12.7. The molecule has 5 heteroatoms. The Morgan fingerprint density at radius 3 is 2.29 bits per heavy atom. The molecule has 0 saturated carbocycles. The van der Waals surface area contributed by atoms with Crippen molar-refractivity contribution >= 4 is 11.9 Å². The summed E-state index contributed by atoms with van der Waals surface area (Å²) in [5.74, 6) is -0.0512. The number of carbonyl (C=O) groups is 2. The highest BCUT2D eigenvalue weighted by Gasteiger charge is 2.44. The van der Waals surface area contributed by atoms with Crippen molar-refractivity contribution in [3.05, 3.63) is 0 Å². The first kappa shape index (κ1) is 16.3. The van der Waals surface area contributed by atoms with Crippen LogP contribution >= 0.6 is 0 Å². The van der Waals surface area contributed by atoms with Crippen LogP contribution in [0.5, 0.6) is 0 Å². The average molecular weight is 296 g/mol. The van der Waals surface area contributed by atoms with E-state index in [1.807, 2.05) is 18.7 Å². The van der Waals surface area contributed by atoms with Crippen LogP contribution in [0.1, 0.15) is 46.0 Å². The van der Waals surface area contributed by atoms with Gasteiger partial charge < -0.3 is 9.64 Å². The topological polar surface area (TPSA) is 49.9 Å². The summed E-state index contributed by atoms with van der Waals surface area (Å²) in [5, 5.41) is 0. The highest BCUT2D eigenvalue weighted by Crippen LogP contribution is 2.32. The van der Waals surface area contributed by atoms with Crippen LogP contribution in [0.15, 0.2) is 0 Å². The van der Waals surface area contributed by atoms with Crippen LogP contribution in [0.2, 0.25) is 0 Å². The van der Waals surface area contributed by atoms with E-state index in [1.54, 1.807) is 0 Å². The number of hydrogen-bond acceptors (Lipinski definition) is 4. The second-order valence-electron chi connectivity index (χ2n) is 6.69. The summed E-state index contributed by atoms with van der Waals surface area (Å²) in [6.45, 7) is 7.05. The molecule has 1 amide bonds. The first-order chi connectivity index (χ1) is 9.98. The van der Waals surface area contributed by atoms with Gasteiger partial charge in [0.15, 0.2) is 0 Å². The van der Waals surface area contributed by atoms with Crippen molar-refractivity contribution < 1.29 is 14.3 Å². The van der Waals surface area contributed by atoms with Crippen LogP contribution in [0.3, 0.4) is 0 Å². The molecule has 2 heterocycles. The van der Waals surface area contributed by atoms with Gasteiger partial charge in [-0.25, -0.2) is 0 Å². The molecule has 0 radical (unpaired) electrons. The molecule has 2 aliphatic heterocycles. The first-order valence-corrected chi connectivity index (χ1v) is 8.09. The molecule has 0 N–H and O–H groups in total. The Labute approximate surface area is 127 Å². The molecular weight excluding hydrogens is 268 g/mol. The number of amides is 1. The summed E-state index contributed by atoms with van der Waals surface area (Å²) in [7, 11) is 1.41. The quantitative estimate of drug-likeness (QED) is 0.743. The second-order valence-corrected chi connectivity index (χ2v) is 6.69. The molecule has 0 bridgehead atoms. The zero-order valence-corrected chi connectivity index (χ0v) is 13.6. The minimum Gasteiger partial charge on any atom is -0.469 e. The molecule has 0 aliphatic carbocycles. The van der Waals surface area contributed by atoms with Crippen molar-refractivity contribution in [2.75, 3.05) is 33.3 Å². The minimum atomic E-state index is -0.539. The van der Waals surface area contributed by atoms with Gasteiger partial charge in [0.2, 0.25) is 5.91 Å². The van der Waals surface area contributed by atoms with E-state index in [4.69, 9.17) is 4.74 Å². The third kappa shape index (κ3) is 3.57. The Morgan fingerprint density at radius 2 is 1.71 bits per heavy atom. The maximum Gasteiger partial charge on any atom is 0.313 e. The third-order valence-electron chi connectivity index (χ3n) is 5.01. The highest BCUT2D eigenvalue weighted by atomic mass is 16.5. The van der Waals surface area contributed by atoms with Gasteiger partial charge in [0.25, 0.3) is 0 Å². The molecule has 21 heavy (non-hydrogen) atoms. The van der Waals surface area contributed by atoms with E-state index in [0.29, 0.717) is 19.5 Å². The maximum atomic E-state index is 12.7. The van der Waals surface area contributed by atoms with Crippen molar-refractivity contribution in [2.45, 2.75) is 52.0 Å². The summed E-state index contributed by atoms with van der Waals surface area (Å²) < 4.78 is 4.87. The van der Waals surface area contributed by atoms with Gasteiger partial charge in [0, 0.05) is 13.1 Å². The van der Waals surface area contributed by atoms with Gasteiger partial charge in [-0.05, 0) is 46.2 Å². The molecule has 5 nitrogen and oxygen atoms in total. The number of esters is 1. The smallest absolute Gasteiger partial charge is 0.313 e. The largest absolute Gasteiger partial charge is 0.469 e. The van der Waals surface area contributed by atoms with E-state index in [-0.39, 0.29) is 17.9 Å². The van der Waals surface area contributed by atoms with E-state index in [1.165, 1.54) is 32.8 Å². The van der Waals surface area contributed by atoms with E-state index in [9.17, 15) is 9.59 Å². The Balaban J connectivity index is 1.95. The predicted molar refractivity (Wildman–Crippen MR) is 80.8 cm³/mol. The van der Waals surface area contributed by atoms with Gasteiger partial charge in [-0.15, -0.1) is 0 Å². The zero-order valence-electron chi connectivity index (χ0n) is 13.6. The molecule has 0 unspecified atom stereocenters. The summed E-state index contributed by atoms with van der Waals surface area (Å²) >= 11 is 0. The Bertz CT molecular complexity index is 391. The number of ether oxygens (including phenoxy) is 1. The molecule has 2 rings (SSSR count). The van der Waals surface area contributed by atoms with Gasteiger partial charge in [0.05, 0.1) is 18.6 Å². The highest BCUT2D eigenvalue weighted by molar-refractivity contribution is 5.84. The Morgan fingerprint density at radius 1 is 1.10 bits per heavy atom. The summed E-state index contributed by atoms with van der Waals surface area (Å²) in [5.41, 5.74) is -0.539. The molecule has 0 aromatic heterocycles. The fraction of sp³-hybridized carbons (Fsp3) is 0.875. The summed E-state index contributed by atoms with van der Waals surface area (Å²) in [4.78, 5) is 28.7. The molecule has 2 fully saturated rings. The lowest BCUT2D eigenvalue weighted by molar-refractivity contribution is -0.151. The lowest BCUT2D eigenvalue weighted by Gasteiger charge is -2.30. The van der Waals surface area contributed by atoms with E-state index in [2.05, 4.69) is 4.90 Å². The number of rotatable bonds is 3. The summed E-state index contributed by atoms with van der Waals surface area (Å²) in [6, 6.07) is -0.0805. The van der Waals surface area contributed by atoms with Gasteiger partial charge >= 0.3 is 5.97 Å². The molecule has 2 saturated heterocycles. The molecule has 0 aromatic carbocycles.